The van der Waals surface area contributed by atoms with Gasteiger partial charge in [0, 0.05) is 24.8 Å². The molecule has 2 atom stereocenters. The van der Waals surface area contributed by atoms with Gasteiger partial charge in [-0.25, -0.2) is 0 Å². The van der Waals surface area contributed by atoms with Crippen LogP contribution in [-0.4, -0.2) is 37.8 Å². The minimum atomic E-state index is -0.0989. The minimum Gasteiger partial charge on any atom is -0.491 e. The van der Waals surface area contributed by atoms with Gasteiger partial charge < -0.3 is 20.5 Å². The molecule has 0 spiro atoms. The lowest BCUT2D eigenvalue weighted by Gasteiger charge is -2.12. The molecule has 5 heteroatoms. The van der Waals surface area contributed by atoms with Crippen molar-refractivity contribution in [3.63, 3.8) is 0 Å². The van der Waals surface area contributed by atoms with Gasteiger partial charge in [0.05, 0.1) is 6.10 Å². The highest BCUT2D eigenvalue weighted by molar-refractivity contribution is 5.94. The summed E-state index contributed by atoms with van der Waals surface area (Å²) in [6.45, 7) is 3.86. The van der Waals surface area contributed by atoms with E-state index in [1.54, 1.807) is 12.1 Å². The third-order valence-electron chi connectivity index (χ3n) is 3.44. The molecule has 0 aliphatic carbocycles. The van der Waals surface area contributed by atoms with Crippen LogP contribution in [0.5, 0.6) is 5.75 Å². The molecule has 0 bridgehead atoms. The lowest BCUT2D eigenvalue weighted by atomic mass is 10.2. The number of hydrogen-bond acceptors (Lipinski definition) is 4. The Hall–Kier alpha value is -1.59. The van der Waals surface area contributed by atoms with Crippen LogP contribution in [0.2, 0.25) is 0 Å². The summed E-state index contributed by atoms with van der Waals surface area (Å²) in [5.74, 6) is 0.601. The molecule has 116 valence electrons. The summed E-state index contributed by atoms with van der Waals surface area (Å²) in [7, 11) is 0. The lowest BCUT2D eigenvalue weighted by Crippen LogP contribution is -2.28. The Labute approximate surface area is 125 Å². The molecule has 2 unspecified atom stereocenters. The first kappa shape index (κ1) is 15.8. The van der Waals surface area contributed by atoms with E-state index in [4.69, 9.17) is 15.2 Å². The second-order valence-corrected chi connectivity index (χ2v) is 5.50. The van der Waals surface area contributed by atoms with Crippen LogP contribution in [0.4, 0.5) is 0 Å². The molecule has 2 rings (SSSR count). The molecular weight excluding hydrogens is 268 g/mol. The van der Waals surface area contributed by atoms with Gasteiger partial charge in [-0.1, -0.05) is 6.07 Å². The Morgan fingerprint density at radius 2 is 2.43 bits per heavy atom. The largest absolute Gasteiger partial charge is 0.491 e. The van der Waals surface area contributed by atoms with E-state index in [0.29, 0.717) is 24.5 Å². The van der Waals surface area contributed by atoms with Crippen molar-refractivity contribution >= 4 is 5.91 Å². The predicted molar refractivity (Wildman–Crippen MR) is 81.5 cm³/mol. The number of rotatable bonds is 7. The summed E-state index contributed by atoms with van der Waals surface area (Å²) >= 11 is 0. The van der Waals surface area contributed by atoms with Crippen molar-refractivity contribution in [2.24, 2.45) is 5.73 Å². The topological polar surface area (TPSA) is 73.6 Å². The SMILES string of the molecule is CC(N)CCNC(=O)c1cccc(OCC2CCCO2)c1. The molecular formula is C16H24N2O3. The number of amides is 1. The first-order chi connectivity index (χ1) is 10.1. The fourth-order valence-corrected chi connectivity index (χ4v) is 2.21. The monoisotopic (exact) mass is 292 g/mol. The quantitative estimate of drug-likeness (QED) is 0.802. The van der Waals surface area contributed by atoms with Gasteiger partial charge in [-0.2, -0.15) is 0 Å². The third-order valence-corrected chi connectivity index (χ3v) is 3.44. The molecule has 1 amide bonds. The number of ether oxygens (including phenoxy) is 2. The second-order valence-electron chi connectivity index (χ2n) is 5.50. The van der Waals surface area contributed by atoms with Gasteiger partial charge in [0.25, 0.3) is 5.91 Å². The predicted octanol–water partition coefficient (Wildman–Crippen LogP) is 1.71. The van der Waals surface area contributed by atoms with E-state index in [0.717, 1.165) is 25.9 Å². The van der Waals surface area contributed by atoms with Gasteiger partial charge in [0.1, 0.15) is 12.4 Å². The van der Waals surface area contributed by atoms with E-state index < -0.39 is 0 Å². The first-order valence-electron chi connectivity index (χ1n) is 7.53. The van der Waals surface area contributed by atoms with E-state index in [9.17, 15) is 4.79 Å². The fourth-order valence-electron chi connectivity index (χ4n) is 2.21. The fraction of sp³-hybridized carbons (Fsp3) is 0.562. The van der Waals surface area contributed by atoms with Gasteiger partial charge >= 0.3 is 0 Å². The van der Waals surface area contributed by atoms with Crippen molar-refractivity contribution in [2.75, 3.05) is 19.8 Å². The normalized spacial score (nSPS) is 19.2. The Morgan fingerprint density at radius 3 is 3.14 bits per heavy atom. The molecule has 3 N–H and O–H groups in total. The van der Waals surface area contributed by atoms with Gasteiger partial charge in [-0.15, -0.1) is 0 Å². The van der Waals surface area contributed by atoms with E-state index in [1.807, 2.05) is 19.1 Å². The Kier molecular flexibility index (Phi) is 6.02. The molecule has 1 saturated heterocycles. The van der Waals surface area contributed by atoms with Crippen LogP contribution in [0.15, 0.2) is 24.3 Å². The van der Waals surface area contributed by atoms with Crippen LogP contribution < -0.4 is 15.8 Å². The summed E-state index contributed by atoms with van der Waals surface area (Å²) in [4.78, 5) is 12.0. The zero-order valence-electron chi connectivity index (χ0n) is 12.5. The van der Waals surface area contributed by atoms with E-state index in [-0.39, 0.29) is 18.1 Å². The number of carbonyl (C=O) groups excluding carboxylic acids is 1. The van der Waals surface area contributed by atoms with Crippen LogP contribution >= 0.6 is 0 Å². The maximum absolute atomic E-state index is 12.0. The van der Waals surface area contributed by atoms with Crippen LogP contribution in [-0.2, 0) is 4.74 Å². The molecule has 1 fully saturated rings. The number of hydrogen-bond donors (Lipinski definition) is 2. The number of nitrogens with two attached hydrogens (primary N) is 1. The standard InChI is InChI=1S/C16H24N2O3/c1-12(17)7-8-18-16(19)13-4-2-5-14(10-13)21-11-15-6-3-9-20-15/h2,4-5,10,12,15H,3,6-9,11,17H2,1H3,(H,18,19). The summed E-state index contributed by atoms with van der Waals surface area (Å²) in [6, 6.07) is 7.31. The van der Waals surface area contributed by atoms with Crippen molar-refractivity contribution in [3.05, 3.63) is 29.8 Å². The van der Waals surface area contributed by atoms with Crippen molar-refractivity contribution < 1.29 is 14.3 Å². The first-order valence-corrected chi connectivity index (χ1v) is 7.53. The lowest BCUT2D eigenvalue weighted by molar-refractivity contribution is 0.0679. The van der Waals surface area contributed by atoms with Crippen molar-refractivity contribution in [1.29, 1.82) is 0 Å². The zero-order valence-corrected chi connectivity index (χ0v) is 12.5. The summed E-state index contributed by atoms with van der Waals surface area (Å²) in [5, 5.41) is 2.86. The average molecular weight is 292 g/mol. The molecule has 21 heavy (non-hydrogen) atoms. The molecule has 0 saturated carbocycles. The Bertz CT molecular complexity index is 457. The van der Waals surface area contributed by atoms with Gasteiger partial charge in [0.15, 0.2) is 0 Å². The van der Waals surface area contributed by atoms with Crippen LogP contribution in [0.1, 0.15) is 36.5 Å². The molecule has 5 nitrogen and oxygen atoms in total. The van der Waals surface area contributed by atoms with Crippen LogP contribution in [0, 0.1) is 0 Å². The van der Waals surface area contributed by atoms with E-state index in [2.05, 4.69) is 5.32 Å². The highest BCUT2D eigenvalue weighted by atomic mass is 16.5. The van der Waals surface area contributed by atoms with Crippen molar-refractivity contribution in [2.45, 2.75) is 38.3 Å². The van der Waals surface area contributed by atoms with Gasteiger partial charge in [0.2, 0.25) is 0 Å². The van der Waals surface area contributed by atoms with Crippen molar-refractivity contribution in [1.82, 2.24) is 5.32 Å². The Balaban J connectivity index is 1.82. The van der Waals surface area contributed by atoms with Crippen LogP contribution in [0.25, 0.3) is 0 Å². The zero-order chi connectivity index (χ0) is 15.1. The average Bonchev–Trinajstić information content (AvgIpc) is 2.98. The summed E-state index contributed by atoms with van der Waals surface area (Å²) in [5.41, 5.74) is 6.26. The molecule has 0 aromatic heterocycles. The van der Waals surface area contributed by atoms with E-state index in [1.165, 1.54) is 0 Å². The molecule has 1 aliphatic rings. The highest BCUT2D eigenvalue weighted by Gasteiger charge is 2.16. The summed E-state index contributed by atoms with van der Waals surface area (Å²) < 4.78 is 11.2. The molecule has 0 radical (unpaired) electrons. The number of benzene rings is 1. The molecule has 1 aliphatic heterocycles. The van der Waals surface area contributed by atoms with Crippen LogP contribution in [0.3, 0.4) is 0 Å². The minimum absolute atomic E-state index is 0.0892. The van der Waals surface area contributed by atoms with Gasteiger partial charge in [-0.3, -0.25) is 4.79 Å². The molecule has 1 heterocycles. The number of nitrogens with one attached hydrogen (secondary N) is 1. The van der Waals surface area contributed by atoms with Crippen molar-refractivity contribution in [3.8, 4) is 5.75 Å². The van der Waals surface area contributed by atoms with Gasteiger partial charge in [-0.05, 0) is 44.4 Å². The Morgan fingerprint density at radius 1 is 1.57 bits per heavy atom. The third kappa shape index (κ3) is 5.36. The molecule has 1 aromatic carbocycles. The number of carbonyl (C=O) groups is 1. The smallest absolute Gasteiger partial charge is 0.251 e. The molecule has 1 aromatic rings. The summed E-state index contributed by atoms with van der Waals surface area (Å²) in [6.07, 6.45) is 3.07. The van der Waals surface area contributed by atoms with E-state index >= 15 is 0 Å². The highest BCUT2D eigenvalue weighted by Crippen LogP contribution is 2.17. The maximum Gasteiger partial charge on any atom is 0.251 e. The maximum atomic E-state index is 12.0. The second kappa shape index (κ2) is 8.00.